The number of pyridine rings is 1. The van der Waals surface area contributed by atoms with Crippen molar-refractivity contribution in [2.24, 2.45) is 0 Å². The van der Waals surface area contributed by atoms with Crippen molar-refractivity contribution >= 4 is 37.4 Å². The molecule has 1 atom stereocenters. The van der Waals surface area contributed by atoms with Gasteiger partial charge in [0.1, 0.15) is 27.6 Å². The maximum Gasteiger partial charge on any atom is 0.282 e. The minimum Gasteiger partial charge on any atom is -0.259 e. The minimum absolute atomic E-state index is 0.247. The summed E-state index contributed by atoms with van der Waals surface area (Å²) in [5.41, 5.74) is 3.99. The lowest BCUT2D eigenvalue weighted by atomic mass is 10.1. The number of hydrogen-bond acceptors (Lipinski definition) is 6. The number of nitrogens with zero attached hydrogens (tertiary/aromatic N) is 7. The molecule has 29 heavy (non-hydrogen) atoms. The van der Waals surface area contributed by atoms with Crippen molar-refractivity contribution in [3.05, 3.63) is 46.9 Å². The molecule has 0 amide bonds. The van der Waals surface area contributed by atoms with E-state index >= 15 is 0 Å². The van der Waals surface area contributed by atoms with Gasteiger partial charge in [-0.2, -0.15) is 5.10 Å². The molecule has 0 aliphatic carbocycles. The van der Waals surface area contributed by atoms with Crippen molar-refractivity contribution in [3.63, 3.8) is 0 Å². The molecule has 0 N–H and O–H groups in total. The van der Waals surface area contributed by atoms with Crippen LogP contribution in [0.3, 0.4) is 0 Å². The highest BCUT2D eigenvalue weighted by atomic mass is 32.1. The summed E-state index contributed by atoms with van der Waals surface area (Å²) in [5, 5.41) is 9.58. The summed E-state index contributed by atoms with van der Waals surface area (Å²) in [6, 6.07) is 3.03. The van der Waals surface area contributed by atoms with E-state index in [9.17, 15) is 8.78 Å². The van der Waals surface area contributed by atoms with Crippen LogP contribution in [0.2, 0.25) is 0 Å². The van der Waals surface area contributed by atoms with Crippen molar-refractivity contribution in [3.8, 4) is 0 Å². The highest BCUT2D eigenvalue weighted by Gasteiger charge is 2.22. The van der Waals surface area contributed by atoms with Crippen LogP contribution in [-0.4, -0.2) is 34.3 Å². The Bertz CT molecular complexity index is 1400. The van der Waals surface area contributed by atoms with Gasteiger partial charge in [0.2, 0.25) is 0 Å². The Morgan fingerprint density at radius 3 is 2.59 bits per heavy atom. The molecular formula is C19H17F2N7S. The maximum absolute atomic E-state index is 13.0. The first-order chi connectivity index (χ1) is 13.8. The molecule has 5 aromatic heterocycles. The molecule has 10 heteroatoms. The number of hydrogen-bond donors (Lipinski definition) is 0. The van der Waals surface area contributed by atoms with E-state index in [2.05, 4.69) is 20.2 Å². The average Bonchev–Trinajstić information content (AvgIpc) is 3.34. The molecule has 0 fully saturated rings. The van der Waals surface area contributed by atoms with Gasteiger partial charge < -0.3 is 0 Å². The van der Waals surface area contributed by atoms with Gasteiger partial charge in [-0.1, -0.05) is 0 Å². The molecule has 0 radical (unpaired) electrons. The van der Waals surface area contributed by atoms with Gasteiger partial charge in [-0.25, -0.2) is 28.2 Å². The molecule has 7 nitrogen and oxygen atoms in total. The Hall–Kier alpha value is -3.01. The largest absolute Gasteiger partial charge is 0.282 e. The van der Waals surface area contributed by atoms with E-state index in [4.69, 9.17) is 4.98 Å². The Morgan fingerprint density at radius 2 is 1.86 bits per heavy atom. The third-order valence-electron chi connectivity index (χ3n) is 5.01. The van der Waals surface area contributed by atoms with Crippen molar-refractivity contribution < 1.29 is 8.78 Å². The molecule has 0 aliphatic rings. The standard InChI is InChI=1S/C19H17F2N7S/c1-8-5-9(2)23-19-13(8)14-15(29-19)18-24-17(26-27(18)7-22-14)11(4)28-10(3)6-12(25-28)16(20)21/h5-7,11,16H,1-4H3. The van der Waals surface area contributed by atoms with Gasteiger partial charge in [-0.3, -0.25) is 4.68 Å². The first-order valence-electron chi connectivity index (χ1n) is 9.09. The fraction of sp³-hybridized carbons (Fsp3) is 0.316. The predicted octanol–water partition coefficient (Wildman–Crippen LogP) is 4.56. The van der Waals surface area contributed by atoms with Crippen molar-refractivity contribution in [2.45, 2.75) is 40.2 Å². The fourth-order valence-electron chi connectivity index (χ4n) is 3.68. The van der Waals surface area contributed by atoms with Gasteiger partial charge in [0.15, 0.2) is 11.5 Å². The molecule has 5 aromatic rings. The summed E-state index contributed by atoms with van der Waals surface area (Å²) in [6.45, 7) is 7.60. The van der Waals surface area contributed by atoms with Crippen LogP contribution >= 0.6 is 11.3 Å². The normalized spacial score (nSPS) is 13.3. The minimum atomic E-state index is -2.61. The molecule has 0 aromatic carbocycles. The van der Waals surface area contributed by atoms with Crippen LogP contribution in [0.5, 0.6) is 0 Å². The Morgan fingerprint density at radius 1 is 1.07 bits per heavy atom. The van der Waals surface area contributed by atoms with E-state index in [1.165, 1.54) is 22.1 Å². The molecule has 5 rings (SSSR count). The van der Waals surface area contributed by atoms with Crippen LogP contribution in [0, 0.1) is 20.8 Å². The molecule has 1 unspecified atom stereocenters. The lowest BCUT2D eigenvalue weighted by Crippen LogP contribution is -2.12. The topological polar surface area (TPSA) is 73.8 Å². The summed E-state index contributed by atoms with van der Waals surface area (Å²) in [4.78, 5) is 14.8. The Kier molecular flexibility index (Phi) is 3.89. The second-order valence-electron chi connectivity index (χ2n) is 7.16. The number of aromatic nitrogens is 7. The van der Waals surface area contributed by atoms with Crippen LogP contribution in [0.15, 0.2) is 18.5 Å². The number of alkyl halides is 2. The van der Waals surface area contributed by atoms with E-state index in [0.717, 1.165) is 31.7 Å². The molecule has 5 heterocycles. The smallest absolute Gasteiger partial charge is 0.259 e. The summed E-state index contributed by atoms with van der Waals surface area (Å²) in [6.07, 6.45) is -0.981. The van der Waals surface area contributed by atoms with E-state index < -0.39 is 12.5 Å². The zero-order valence-electron chi connectivity index (χ0n) is 16.2. The van der Waals surface area contributed by atoms with E-state index in [1.54, 1.807) is 17.8 Å². The van der Waals surface area contributed by atoms with Gasteiger partial charge in [0, 0.05) is 16.8 Å². The number of fused-ring (bicyclic) bond motifs is 5. The molecule has 0 spiro atoms. The second-order valence-corrected chi connectivity index (χ2v) is 8.15. The third-order valence-corrected chi connectivity index (χ3v) is 6.08. The lowest BCUT2D eigenvalue weighted by molar-refractivity contribution is 0.144. The highest BCUT2D eigenvalue weighted by Crippen LogP contribution is 2.35. The van der Waals surface area contributed by atoms with Crippen LogP contribution in [-0.2, 0) is 0 Å². The molecule has 0 bridgehead atoms. The molecule has 148 valence electrons. The first-order valence-corrected chi connectivity index (χ1v) is 9.91. The summed E-state index contributed by atoms with van der Waals surface area (Å²) < 4.78 is 30.1. The van der Waals surface area contributed by atoms with Gasteiger partial charge >= 0.3 is 0 Å². The monoisotopic (exact) mass is 413 g/mol. The van der Waals surface area contributed by atoms with E-state index in [-0.39, 0.29) is 5.69 Å². The lowest BCUT2D eigenvalue weighted by Gasteiger charge is -2.10. The van der Waals surface area contributed by atoms with E-state index in [0.29, 0.717) is 17.2 Å². The first kappa shape index (κ1) is 18.0. The Balaban J connectivity index is 1.69. The van der Waals surface area contributed by atoms with Gasteiger partial charge in [0.05, 0.1) is 5.52 Å². The van der Waals surface area contributed by atoms with Crippen LogP contribution in [0.1, 0.15) is 47.9 Å². The third kappa shape index (κ3) is 2.70. The summed E-state index contributed by atoms with van der Waals surface area (Å²) in [7, 11) is 0. The van der Waals surface area contributed by atoms with E-state index in [1.807, 2.05) is 26.8 Å². The summed E-state index contributed by atoms with van der Waals surface area (Å²) in [5.74, 6) is 0.490. The number of aryl methyl sites for hydroxylation is 3. The van der Waals surface area contributed by atoms with Gasteiger partial charge in [0.25, 0.3) is 6.43 Å². The number of rotatable bonds is 3. The van der Waals surface area contributed by atoms with Crippen LogP contribution in [0.25, 0.3) is 26.1 Å². The second kappa shape index (κ2) is 6.24. The molecule has 0 aliphatic heterocycles. The SMILES string of the molecule is Cc1cc(C)c2c(n1)sc1c2ncn2nc(C(C)n3nc(C(F)F)cc3C)nc12. The number of halogens is 2. The van der Waals surface area contributed by atoms with Gasteiger partial charge in [-0.05, 0) is 45.4 Å². The average molecular weight is 413 g/mol. The maximum atomic E-state index is 13.0. The molecule has 0 saturated heterocycles. The predicted molar refractivity (Wildman–Crippen MR) is 107 cm³/mol. The van der Waals surface area contributed by atoms with Crippen molar-refractivity contribution in [1.29, 1.82) is 0 Å². The van der Waals surface area contributed by atoms with Crippen molar-refractivity contribution in [1.82, 2.24) is 34.3 Å². The molecule has 0 saturated carbocycles. The zero-order valence-corrected chi connectivity index (χ0v) is 17.0. The fourth-order valence-corrected chi connectivity index (χ4v) is 4.91. The molecular weight excluding hydrogens is 396 g/mol. The van der Waals surface area contributed by atoms with Crippen LogP contribution < -0.4 is 0 Å². The van der Waals surface area contributed by atoms with Crippen LogP contribution in [0.4, 0.5) is 8.78 Å². The Labute approximate surface area is 168 Å². The number of thiophene rings is 1. The highest BCUT2D eigenvalue weighted by molar-refractivity contribution is 7.26. The quantitative estimate of drug-likeness (QED) is 0.434. The van der Waals surface area contributed by atoms with Gasteiger partial charge in [-0.15, -0.1) is 16.4 Å². The summed E-state index contributed by atoms with van der Waals surface area (Å²) >= 11 is 1.53. The van der Waals surface area contributed by atoms with Crippen molar-refractivity contribution in [2.75, 3.05) is 0 Å². The zero-order chi connectivity index (χ0) is 20.4.